The second-order valence-electron chi connectivity index (χ2n) is 3.66. The molecule has 0 radical (unpaired) electrons. The third-order valence-electron chi connectivity index (χ3n) is 2.14. The number of anilines is 1. The van der Waals surface area contributed by atoms with Gasteiger partial charge in [-0.25, -0.2) is 0 Å². The van der Waals surface area contributed by atoms with E-state index in [0.29, 0.717) is 5.02 Å². The minimum Gasteiger partial charge on any atom is -0.452 e. The van der Waals surface area contributed by atoms with E-state index < -0.39 is 11.9 Å². The summed E-state index contributed by atoms with van der Waals surface area (Å²) in [7, 11) is 0. The van der Waals surface area contributed by atoms with Crippen LogP contribution in [0.5, 0.6) is 0 Å². The average Bonchev–Trinajstić information content (AvgIpc) is 2.38. The second-order valence-corrected chi connectivity index (χ2v) is 4.91. The summed E-state index contributed by atoms with van der Waals surface area (Å²) in [5.74, 6) is 1.18. The Morgan fingerprint density at radius 2 is 1.80 bits per heavy atom. The SMILES string of the molecule is C#CCOC(=O)CCC(=O)Nc1c(Cl)cc(Cl)cc1Cl. The monoisotopic (exact) mass is 333 g/mol. The lowest BCUT2D eigenvalue weighted by Crippen LogP contribution is -2.15. The van der Waals surface area contributed by atoms with Gasteiger partial charge < -0.3 is 10.1 Å². The molecule has 1 N–H and O–H groups in total. The van der Waals surface area contributed by atoms with Crippen molar-refractivity contribution in [3.05, 3.63) is 27.2 Å². The molecule has 0 fully saturated rings. The first-order valence-electron chi connectivity index (χ1n) is 5.47. The predicted octanol–water partition coefficient (Wildman–Crippen LogP) is 3.54. The molecule has 20 heavy (non-hydrogen) atoms. The van der Waals surface area contributed by atoms with Gasteiger partial charge in [0.05, 0.1) is 22.2 Å². The van der Waals surface area contributed by atoms with Crippen LogP contribution < -0.4 is 5.32 Å². The fraction of sp³-hybridized carbons (Fsp3) is 0.231. The van der Waals surface area contributed by atoms with E-state index in [4.69, 9.17) is 41.2 Å². The zero-order valence-corrected chi connectivity index (χ0v) is 12.5. The molecule has 0 aliphatic carbocycles. The first-order valence-corrected chi connectivity index (χ1v) is 6.61. The van der Waals surface area contributed by atoms with E-state index in [0.717, 1.165) is 0 Å². The lowest BCUT2D eigenvalue weighted by molar-refractivity contribution is -0.143. The number of hydrogen-bond acceptors (Lipinski definition) is 3. The molecule has 0 saturated carbocycles. The van der Waals surface area contributed by atoms with Gasteiger partial charge in [0.25, 0.3) is 0 Å². The molecule has 0 spiro atoms. The number of esters is 1. The van der Waals surface area contributed by atoms with Crippen LogP contribution in [0.1, 0.15) is 12.8 Å². The number of amides is 1. The summed E-state index contributed by atoms with van der Waals surface area (Å²) < 4.78 is 4.63. The molecule has 7 heteroatoms. The van der Waals surface area contributed by atoms with Gasteiger partial charge >= 0.3 is 5.97 Å². The number of rotatable bonds is 5. The molecule has 4 nitrogen and oxygen atoms in total. The smallest absolute Gasteiger partial charge is 0.307 e. The predicted molar refractivity (Wildman–Crippen MR) is 79.1 cm³/mol. The van der Waals surface area contributed by atoms with Gasteiger partial charge in [0.15, 0.2) is 6.61 Å². The van der Waals surface area contributed by atoms with Crippen LogP contribution in [-0.4, -0.2) is 18.5 Å². The van der Waals surface area contributed by atoms with Crippen LogP contribution in [0.4, 0.5) is 5.69 Å². The van der Waals surface area contributed by atoms with Crippen molar-refractivity contribution >= 4 is 52.4 Å². The quantitative estimate of drug-likeness (QED) is 0.662. The highest BCUT2D eigenvalue weighted by molar-refractivity contribution is 6.42. The summed E-state index contributed by atoms with van der Waals surface area (Å²) in [5, 5.41) is 3.29. The number of carbonyl (C=O) groups excluding carboxylic acids is 2. The molecule has 0 saturated heterocycles. The second kappa shape index (κ2) is 8.01. The Morgan fingerprint density at radius 3 is 2.35 bits per heavy atom. The maximum Gasteiger partial charge on any atom is 0.307 e. The molecule has 0 aromatic heterocycles. The summed E-state index contributed by atoms with van der Waals surface area (Å²) >= 11 is 17.6. The highest BCUT2D eigenvalue weighted by Crippen LogP contribution is 2.33. The fourth-order valence-corrected chi connectivity index (χ4v) is 2.18. The number of halogens is 3. The van der Waals surface area contributed by atoms with Crippen LogP contribution in [0.2, 0.25) is 15.1 Å². The maximum absolute atomic E-state index is 11.7. The molecule has 1 amide bonds. The van der Waals surface area contributed by atoms with Crippen molar-refractivity contribution in [3.8, 4) is 12.3 Å². The normalized spacial score (nSPS) is 9.70. The lowest BCUT2D eigenvalue weighted by atomic mass is 10.2. The van der Waals surface area contributed by atoms with Crippen LogP contribution in [0.3, 0.4) is 0 Å². The molecule has 0 heterocycles. The van der Waals surface area contributed by atoms with Gasteiger partial charge in [-0.2, -0.15) is 0 Å². The lowest BCUT2D eigenvalue weighted by Gasteiger charge is -2.09. The van der Waals surface area contributed by atoms with Crippen LogP contribution in [0, 0.1) is 12.3 Å². The van der Waals surface area contributed by atoms with E-state index in [2.05, 4.69) is 16.0 Å². The molecular weight excluding hydrogens is 325 g/mol. The molecule has 106 valence electrons. The van der Waals surface area contributed by atoms with Gasteiger partial charge in [-0.05, 0) is 12.1 Å². The zero-order valence-electron chi connectivity index (χ0n) is 10.2. The number of hydrogen-bond donors (Lipinski definition) is 1. The molecule has 0 bridgehead atoms. The number of benzene rings is 1. The van der Waals surface area contributed by atoms with E-state index in [1.807, 2.05) is 0 Å². The first kappa shape index (κ1) is 16.6. The van der Waals surface area contributed by atoms with Crippen molar-refractivity contribution in [1.82, 2.24) is 0 Å². The summed E-state index contributed by atoms with van der Waals surface area (Å²) in [4.78, 5) is 22.8. The number of nitrogens with one attached hydrogen (secondary N) is 1. The third kappa shape index (κ3) is 5.30. The maximum atomic E-state index is 11.7. The van der Waals surface area contributed by atoms with Crippen molar-refractivity contribution < 1.29 is 14.3 Å². The molecule has 1 aromatic carbocycles. The topological polar surface area (TPSA) is 55.4 Å². The standard InChI is InChI=1S/C13H10Cl3NO3/c1-2-5-20-12(19)4-3-11(18)17-13-9(15)6-8(14)7-10(13)16/h1,6-7H,3-5H2,(H,17,18). The molecule has 1 rings (SSSR count). The molecular formula is C13H10Cl3NO3. The summed E-state index contributed by atoms with van der Waals surface area (Å²) in [5.41, 5.74) is 0.250. The zero-order chi connectivity index (χ0) is 15.1. The van der Waals surface area contributed by atoms with E-state index in [-0.39, 0.29) is 35.2 Å². The van der Waals surface area contributed by atoms with Crippen molar-refractivity contribution in [2.24, 2.45) is 0 Å². The van der Waals surface area contributed by atoms with Crippen molar-refractivity contribution in [2.75, 3.05) is 11.9 Å². The van der Waals surface area contributed by atoms with Crippen molar-refractivity contribution in [2.45, 2.75) is 12.8 Å². The largest absolute Gasteiger partial charge is 0.452 e. The Kier molecular flexibility index (Phi) is 6.66. The first-order chi connectivity index (χ1) is 9.43. The van der Waals surface area contributed by atoms with Gasteiger partial charge in [-0.3, -0.25) is 9.59 Å². The number of ether oxygens (including phenoxy) is 1. The Labute approximate surface area is 131 Å². The van der Waals surface area contributed by atoms with Crippen LogP contribution in [0.15, 0.2) is 12.1 Å². The van der Waals surface area contributed by atoms with Crippen LogP contribution >= 0.6 is 34.8 Å². The van der Waals surface area contributed by atoms with Crippen molar-refractivity contribution in [1.29, 1.82) is 0 Å². The number of terminal acetylenes is 1. The summed E-state index contributed by atoms with van der Waals surface area (Å²) in [6.45, 7) is -0.116. The number of carbonyl (C=O) groups is 2. The highest BCUT2D eigenvalue weighted by atomic mass is 35.5. The van der Waals surface area contributed by atoms with Gasteiger partial charge in [-0.1, -0.05) is 40.7 Å². The fourth-order valence-electron chi connectivity index (χ4n) is 1.27. The summed E-state index contributed by atoms with van der Waals surface area (Å²) in [6.07, 6.45) is 4.78. The van der Waals surface area contributed by atoms with Gasteiger partial charge in [-0.15, -0.1) is 6.42 Å². The van der Waals surface area contributed by atoms with E-state index >= 15 is 0 Å². The Bertz CT molecular complexity index is 543. The van der Waals surface area contributed by atoms with Gasteiger partial charge in [0.1, 0.15) is 0 Å². The Balaban J connectivity index is 2.55. The van der Waals surface area contributed by atoms with E-state index in [9.17, 15) is 9.59 Å². The molecule has 0 aliphatic rings. The molecule has 1 aromatic rings. The Hall–Kier alpha value is -1.41. The minimum absolute atomic E-state index is 0.0707. The minimum atomic E-state index is -0.550. The van der Waals surface area contributed by atoms with Crippen molar-refractivity contribution in [3.63, 3.8) is 0 Å². The van der Waals surface area contributed by atoms with E-state index in [1.165, 1.54) is 12.1 Å². The molecule has 0 aliphatic heterocycles. The Morgan fingerprint density at radius 1 is 1.20 bits per heavy atom. The molecule has 0 atom stereocenters. The summed E-state index contributed by atoms with van der Waals surface area (Å²) in [6, 6.07) is 2.90. The van der Waals surface area contributed by atoms with Gasteiger partial charge in [0.2, 0.25) is 5.91 Å². The van der Waals surface area contributed by atoms with Crippen LogP contribution in [0.25, 0.3) is 0 Å². The van der Waals surface area contributed by atoms with E-state index in [1.54, 1.807) is 0 Å². The average molecular weight is 335 g/mol. The van der Waals surface area contributed by atoms with Crippen LogP contribution in [-0.2, 0) is 14.3 Å². The third-order valence-corrected chi connectivity index (χ3v) is 2.96. The highest BCUT2D eigenvalue weighted by Gasteiger charge is 2.13. The molecule has 0 unspecified atom stereocenters. The van der Waals surface area contributed by atoms with Gasteiger partial charge in [0, 0.05) is 11.4 Å².